The molecule has 0 bridgehead atoms. The molecule has 0 radical (unpaired) electrons. The van der Waals surface area contributed by atoms with Gasteiger partial charge in [-0.2, -0.15) is 0 Å². The van der Waals surface area contributed by atoms with Crippen molar-refractivity contribution in [2.24, 2.45) is 0 Å². The fraction of sp³-hybridized carbons (Fsp3) is 0.136. The van der Waals surface area contributed by atoms with Crippen molar-refractivity contribution in [1.29, 1.82) is 0 Å². The summed E-state index contributed by atoms with van der Waals surface area (Å²) >= 11 is 5.92. The van der Waals surface area contributed by atoms with Crippen LogP contribution in [0.3, 0.4) is 0 Å². The first-order valence-corrected chi connectivity index (χ1v) is 9.56. The van der Waals surface area contributed by atoms with Crippen LogP contribution in [0.15, 0.2) is 72.9 Å². The molecule has 29 heavy (non-hydrogen) atoms. The Morgan fingerprint density at radius 1 is 1.07 bits per heavy atom. The number of pyridine rings is 1. The lowest BCUT2D eigenvalue weighted by molar-refractivity contribution is 0.0933. The van der Waals surface area contributed by atoms with Crippen LogP contribution in [-0.4, -0.2) is 20.5 Å². The van der Waals surface area contributed by atoms with E-state index in [9.17, 15) is 4.79 Å². The van der Waals surface area contributed by atoms with Gasteiger partial charge in [-0.3, -0.25) is 9.20 Å². The second kappa shape index (κ2) is 8.32. The number of halogens is 1. The van der Waals surface area contributed by atoms with Crippen LogP contribution >= 0.6 is 11.6 Å². The van der Waals surface area contributed by atoms with Gasteiger partial charge in [-0.1, -0.05) is 41.9 Å². The van der Waals surface area contributed by atoms with Crippen LogP contribution in [0.1, 0.15) is 34.7 Å². The van der Waals surface area contributed by atoms with Crippen LogP contribution in [0, 0.1) is 0 Å². The molecule has 4 rings (SSSR count). The number of nitrogens with one attached hydrogen (secondary N) is 1. The summed E-state index contributed by atoms with van der Waals surface area (Å²) in [6, 6.07) is 19.9. The Hall–Kier alpha value is -3.38. The molecule has 146 valence electrons. The molecule has 2 aromatic carbocycles. The molecule has 1 atom stereocenters. The Labute approximate surface area is 173 Å². The number of hydrogen-bond donors (Lipinski definition) is 1. The lowest BCUT2D eigenvalue weighted by atomic mass is 10.1. The third kappa shape index (κ3) is 4.22. The van der Waals surface area contributed by atoms with E-state index in [-0.39, 0.29) is 11.9 Å². The highest BCUT2D eigenvalue weighted by atomic mass is 35.5. The normalized spacial score (nSPS) is 11.9. The van der Waals surface area contributed by atoms with Crippen molar-refractivity contribution in [1.82, 2.24) is 19.9 Å². The van der Waals surface area contributed by atoms with Gasteiger partial charge in [0.2, 0.25) is 0 Å². The van der Waals surface area contributed by atoms with Crippen LogP contribution in [0.5, 0.6) is 5.75 Å². The highest BCUT2D eigenvalue weighted by Crippen LogP contribution is 2.21. The molecule has 0 spiro atoms. The van der Waals surface area contributed by atoms with Gasteiger partial charge in [-0.05, 0) is 48.9 Å². The molecule has 0 saturated heterocycles. The maximum Gasteiger partial charge on any atom is 0.255 e. The monoisotopic (exact) mass is 406 g/mol. The van der Waals surface area contributed by atoms with Crippen molar-refractivity contribution >= 4 is 23.2 Å². The average Bonchev–Trinajstić information content (AvgIpc) is 3.18. The number of rotatable bonds is 6. The van der Waals surface area contributed by atoms with Crippen LogP contribution < -0.4 is 10.1 Å². The summed E-state index contributed by atoms with van der Waals surface area (Å²) in [6.07, 6.45) is 1.87. The van der Waals surface area contributed by atoms with E-state index in [1.807, 2.05) is 66.1 Å². The average molecular weight is 407 g/mol. The van der Waals surface area contributed by atoms with Crippen molar-refractivity contribution in [2.75, 3.05) is 0 Å². The zero-order chi connectivity index (χ0) is 20.2. The molecule has 0 fully saturated rings. The molecule has 2 heterocycles. The van der Waals surface area contributed by atoms with Gasteiger partial charge in [0.25, 0.3) is 5.91 Å². The van der Waals surface area contributed by atoms with E-state index in [0.717, 1.165) is 11.2 Å². The second-order valence-corrected chi connectivity index (χ2v) is 7.03. The summed E-state index contributed by atoms with van der Waals surface area (Å²) in [4.78, 5) is 12.9. The molecular weight excluding hydrogens is 388 g/mol. The Morgan fingerprint density at radius 3 is 2.66 bits per heavy atom. The predicted octanol–water partition coefficient (Wildman–Crippen LogP) is 4.45. The highest BCUT2D eigenvalue weighted by Gasteiger charge is 2.19. The zero-order valence-corrected chi connectivity index (χ0v) is 16.5. The molecular formula is C22H19ClN4O2. The Balaban J connectivity index is 1.49. The first kappa shape index (κ1) is 19.0. The number of carbonyl (C=O) groups excluding carboxylic acids is 1. The number of carbonyl (C=O) groups is 1. The van der Waals surface area contributed by atoms with E-state index >= 15 is 0 Å². The van der Waals surface area contributed by atoms with Crippen LogP contribution in [0.25, 0.3) is 5.65 Å². The summed E-state index contributed by atoms with van der Waals surface area (Å²) in [5.41, 5.74) is 2.16. The fourth-order valence-corrected chi connectivity index (χ4v) is 3.14. The van der Waals surface area contributed by atoms with E-state index in [2.05, 4.69) is 15.5 Å². The van der Waals surface area contributed by atoms with E-state index in [1.54, 1.807) is 18.2 Å². The fourth-order valence-electron chi connectivity index (χ4n) is 3.02. The van der Waals surface area contributed by atoms with E-state index in [0.29, 0.717) is 28.8 Å². The van der Waals surface area contributed by atoms with Gasteiger partial charge < -0.3 is 10.1 Å². The van der Waals surface area contributed by atoms with Gasteiger partial charge in [-0.15, -0.1) is 10.2 Å². The highest BCUT2D eigenvalue weighted by molar-refractivity contribution is 6.30. The third-order valence-corrected chi connectivity index (χ3v) is 4.77. The second-order valence-electron chi connectivity index (χ2n) is 6.59. The minimum Gasteiger partial charge on any atom is -0.488 e. The van der Waals surface area contributed by atoms with Crippen molar-refractivity contribution < 1.29 is 9.53 Å². The van der Waals surface area contributed by atoms with Gasteiger partial charge in [0, 0.05) is 11.2 Å². The number of amides is 1. The molecule has 6 nitrogen and oxygen atoms in total. The predicted molar refractivity (Wildman–Crippen MR) is 111 cm³/mol. The molecule has 7 heteroatoms. The van der Waals surface area contributed by atoms with Crippen LogP contribution in [0.2, 0.25) is 5.02 Å². The smallest absolute Gasteiger partial charge is 0.255 e. The molecule has 0 aliphatic heterocycles. The number of hydrogen-bond acceptors (Lipinski definition) is 4. The first-order valence-electron chi connectivity index (χ1n) is 9.18. The standard InChI is InChI=1S/C22H19ClN4O2/c1-15(21-26-25-20-8-4-5-13-27(20)21)24-22(28)18-6-2-3-7-19(18)29-14-16-9-11-17(23)12-10-16/h2-13,15H,14H2,1H3,(H,24,28). The van der Waals surface area contributed by atoms with E-state index in [4.69, 9.17) is 16.3 Å². The lowest BCUT2D eigenvalue weighted by Crippen LogP contribution is -2.28. The topological polar surface area (TPSA) is 68.5 Å². The van der Waals surface area contributed by atoms with E-state index in [1.165, 1.54) is 0 Å². The zero-order valence-electron chi connectivity index (χ0n) is 15.7. The van der Waals surface area contributed by atoms with Gasteiger partial charge in [-0.25, -0.2) is 0 Å². The summed E-state index contributed by atoms with van der Waals surface area (Å²) < 4.78 is 7.74. The molecule has 1 N–H and O–H groups in total. The van der Waals surface area contributed by atoms with Crippen molar-refractivity contribution in [3.05, 3.63) is 94.9 Å². The number of fused-ring (bicyclic) bond motifs is 1. The summed E-state index contributed by atoms with van der Waals surface area (Å²) in [7, 11) is 0. The van der Waals surface area contributed by atoms with Crippen LogP contribution in [-0.2, 0) is 6.61 Å². The molecule has 1 unspecified atom stereocenters. The first-order chi connectivity index (χ1) is 14.1. The summed E-state index contributed by atoms with van der Waals surface area (Å²) in [5.74, 6) is 0.934. The Morgan fingerprint density at radius 2 is 1.83 bits per heavy atom. The number of ether oxygens (including phenoxy) is 1. The number of aromatic nitrogens is 3. The number of para-hydroxylation sites is 1. The third-order valence-electron chi connectivity index (χ3n) is 4.51. The van der Waals surface area contributed by atoms with Crippen molar-refractivity contribution in [3.8, 4) is 5.75 Å². The molecule has 4 aromatic rings. The summed E-state index contributed by atoms with van der Waals surface area (Å²) in [5, 5.41) is 12.0. The quantitative estimate of drug-likeness (QED) is 0.513. The van der Waals surface area contributed by atoms with Crippen molar-refractivity contribution in [2.45, 2.75) is 19.6 Å². The minimum atomic E-state index is -0.329. The van der Waals surface area contributed by atoms with Gasteiger partial charge in [0.15, 0.2) is 11.5 Å². The van der Waals surface area contributed by atoms with E-state index < -0.39 is 0 Å². The van der Waals surface area contributed by atoms with Crippen LogP contribution in [0.4, 0.5) is 0 Å². The van der Waals surface area contributed by atoms with Gasteiger partial charge >= 0.3 is 0 Å². The summed E-state index contributed by atoms with van der Waals surface area (Å²) in [6.45, 7) is 2.21. The number of nitrogens with zero attached hydrogens (tertiary/aromatic N) is 3. The maximum atomic E-state index is 12.9. The lowest BCUT2D eigenvalue weighted by Gasteiger charge is -2.15. The minimum absolute atomic E-state index is 0.239. The maximum absolute atomic E-state index is 12.9. The molecule has 2 aromatic heterocycles. The van der Waals surface area contributed by atoms with Gasteiger partial charge in [0.1, 0.15) is 12.4 Å². The molecule has 0 aliphatic rings. The molecule has 0 saturated carbocycles. The molecule has 0 aliphatic carbocycles. The SMILES string of the molecule is CC(NC(=O)c1ccccc1OCc1ccc(Cl)cc1)c1nnc2ccccn12. The molecule has 1 amide bonds. The Kier molecular flexibility index (Phi) is 5.44. The van der Waals surface area contributed by atoms with Crippen molar-refractivity contribution in [3.63, 3.8) is 0 Å². The number of benzene rings is 2. The van der Waals surface area contributed by atoms with Gasteiger partial charge in [0.05, 0.1) is 11.6 Å². The Bertz CT molecular complexity index is 1140. The largest absolute Gasteiger partial charge is 0.488 e.